The molecule has 4 nitrogen and oxygen atoms in total. The fourth-order valence-corrected chi connectivity index (χ4v) is 2.23. The molecule has 2 rings (SSSR count). The smallest absolute Gasteiger partial charge is 0.246 e. The zero-order valence-corrected chi connectivity index (χ0v) is 8.85. The summed E-state index contributed by atoms with van der Waals surface area (Å²) in [7, 11) is 0. The fourth-order valence-electron chi connectivity index (χ4n) is 2.23. The molecule has 2 fully saturated rings. The topological polar surface area (TPSA) is 38.8 Å². The van der Waals surface area contributed by atoms with Gasteiger partial charge in [-0.05, 0) is 18.9 Å². The molecule has 84 valence electrons. The van der Waals surface area contributed by atoms with Gasteiger partial charge in [-0.1, -0.05) is 6.58 Å². The lowest BCUT2D eigenvalue weighted by Gasteiger charge is -2.37. The number of ether oxygens (including phenoxy) is 2. The highest BCUT2D eigenvalue weighted by Crippen LogP contribution is 2.22. The van der Waals surface area contributed by atoms with Crippen LogP contribution in [0.5, 0.6) is 0 Å². The molecule has 0 saturated carbocycles. The summed E-state index contributed by atoms with van der Waals surface area (Å²) in [4.78, 5) is 13.5. The van der Waals surface area contributed by atoms with Crippen molar-refractivity contribution < 1.29 is 14.3 Å². The van der Waals surface area contributed by atoms with Crippen LogP contribution in [0.15, 0.2) is 12.7 Å². The van der Waals surface area contributed by atoms with Crippen molar-refractivity contribution in [2.24, 2.45) is 0 Å². The largest absolute Gasteiger partial charge is 0.377 e. The van der Waals surface area contributed by atoms with E-state index in [0.717, 1.165) is 19.4 Å². The van der Waals surface area contributed by atoms with Gasteiger partial charge < -0.3 is 14.4 Å². The highest BCUT2D eigenvalue weighted by Gasteiger charge is 2.34. The summed E-state index contributed by atoms with van der Waals surface area (Å²) in [5.41, 5.74) is 0. The van der Waals surface area contributed by atoms with Crippen LogP contribution in [0.3, 0.4) is 0 Å². The van der Waals surface area contributed by atoms with Gasteiger partial charge in [-0.3, -0.25) is 4.79 Å². The molecule has 2 heterocycles. The first-order chi connectivity index (χ1) is 7.33. The van der Waals surface area contributed by atoms with Gasteiger partial charge in [0.05, 0.1) is 25.4 Å². The van der Waals surface area contributed by atoms with E-state index in [1.165, 1.54) is 6.08 Å². The van der Waals surface area contributed by atoms with E-state index in [4.69, 9.17) is 9.47 Å². The van der Waals surface area contributed by atoms with E-state index in [1.54, 1.807) is 0 Å². The van der Waals surface area contributed by atoms with Crippen LogP contribution in [0, 0.1) is 0 Å². The predicted molar refractivity (Wildman–Crippen MR) is 55.5 cm³/mol. The van der Waals surface area contributed by atoms with Gasteiger partial charge >= 0.3 is 0 Å². The van der Waals surface area contributed by atoms with Crippen LogP contribution in [-0.4, -0.2) is 49.3 Å². The highest BCUT2D eigenvalue weighted by molar-refractivity contribution is 5.87. The van der Waals surface area contributed by atoms with Crippen LogP contribution >= 0.6 is 0 Å². The Kier molecular flexibility index (Phi) is 3.38. The first kappa shape index (κ1) is 10.6. The van der Waals surface area contributed by atoms with E-state index >= 15 is 0 Å². The van der Waals surface area contributed by atoms with Gasteiger partial charge in [0.2, 0.25) is 5.91 Å². The summed E-state index contributed by atoms with van der Waals surface area (Å²) in [6, 6.07) is 0.0757. The van der Waals surface area contributed by atoms with Crippen LogP contribution < -0.4 is 0 Å². The average molecular weight is 211 g/mol. The SMILES string of the molecule is C=CC(=O)N1CCOCC1C1CCCO1. The third-order valence-corrected chi connectivity index (χ3v) is 3.02. The Balaban J connectivity index is 2.04. The molecular formula is C11H17NO3. The third-order valence-electron chi connectivity index (χ3n) is 3.02. The number of nitrogens with zero attached hydrogens (tertiary/aromatic N) is 1. The van der Waals surface area contributed by atoms with Crippen LogP contribution in [0.25, 0.3) is 0 Å². The average Bonchev–Trinajstić information content (AvgIpc) is 2.81. The van der Waals surface area contributed by atoms with Crippen LogP contribution in [0.1, 0.15) is 12.8 Å². The van der Waals surface area contributed by atoms with Crippen molar-refractivity contribution in [1.82, 2.24) is 4.90 Å². The first-order valence-corrected chi connectivity index (χ1v) is 5.45. The molecule has 1 amide bonds. The monoisotopic (exact) mass is 211 g/mol. The maximum atomic E-state index is 11.6. The summed E-state index contributed by atoms with van der Waals surface area (Å²) >= 11 is 0. The molecule has 0 aromatic rings. The van der Waals surface area contributed by atoms with Gasteiger partial charge in [0, 0.05) is 13.2 Å². The Morgan fingerprint density at radius 3 is 3.00 bits per heavy atom. The fraction of sp³-hybridized carbons (Fsp3) is 0.727. The second-order valence-corrected chi connectivity index (χ2v) is 3.93. The Morgan fingerprint density at radius 1 is 1.47 bits per heavy atom. The van der Waals surface area contributed by atoms with Crippen molar-refractivity contribution in [1.29, 1.82) is 0 Å². The summed E-state index contributed by atoms with van der Waals surface area (Å²) in [5.74, 6) is -0.0150. The number of morpholine rings is 1. The van der Waals surface area contributed by atoms with Crippen molar-refractivity contribution in [3.05, 3.63) is 12.7 Å². The minimum atomic E-state index is -0.0150. The van der Waals surface area contributed by atoms with Gasteiger partial charge in [0.25, 0.3) is 0 Å². The van der Waals surface area contributed by atoms with E-state index in [-0.39, 0.29) is 18.1 Å². The standard InChI is InChI=1S/C11H17NO3/c1-2-11(13)12-5-7-14-8-9(12)10-4-3-6-15-10/h2,9-10H,1,3-8H2. The van der Waals surface area contributed by atoms with E-state index < -0.39 is 0 Å². The lowest BCUT2D eigenvalue weighted by molar-refractivity contribution is -0.140. The zero-order valence-electron chi connectivity index (χ0n) is 8.85. The van der Waals surface area contributed by atoms with E-state index in [9.17, 15) is 4.79 Å². The van der Waals surface area contributed by atoms with Crippen molar-refractivity contribution in [2.45, 2.75) is 25.0 Å². The number of carbonyl (C=O) groups excluding carboxylic acids is 1. The minimum absolute atomic E-state index is 0.0150. The van der Waals surface area contributed by atoms with E-state index in [2.05, 4.69) is 6.58 Å². The van der Waals surface area contributed by atoms with Crippen molar-refractivity contribution in [3.63, 3.8) is 0 Å². The zero-order chi connectivity index (χ0) is 10.7. The minimum Gasteiger partial charge on any atom is -0.377 e. The van der Waals surface area contributed by atoms with E-state index in [1.807, 2.05) is 4.90 Å². The molecule has 0 spiro atoms. The maximum absolute atomic E-state index is 11.6. The molecule has 0 aromatic carbocycles. The van der Waals surface area contributed by atoms with Gasteiger partial charge in [-0.25, -0.2) is 0 Å². The predicted octanol–water partition coefficient (Wildman–Crippen LogP) is 0.579. The molecule has 2 atom stereocenters. The normalized spacial score (nSPS) is 31.6. The van der Waals surface area contributed by atoms with Crippen molar-refractivity contribution in [3.8, 4) is 0 Å². The first-order valence-electron chi connectivity index (χ1n) is 5.45. The summed E-state index contributed by atoms with van der Waals surface area (Å²) in [6.07, 6.45) is 3.62. The number of hydrogen-bond acceptors (Lipinski definition) is 3. The molecular weight excluding hydrogens is 194 g/mol. The van der Waals surface area contributed by atoms with Crippen molar-refractivity contribution in [2.75, 3.05) is 26.4 Å². The van der Waals surface area contributed by atoms with Gasteiger partial charge in [-0.15, -0.1) is 0 Å². The van der Waals surface area contributed by atoms with Crippen LogP contribution in [-0.2, 0) is 14.3 Å². The van der Waals surface area contributed by atoms with Gasteiger partial charge in [-0.2, -0.15) is 0 Å². The Labute approximate surface area is 89.8 Å². The van der Waals surface area contributed by atoms with Crippen LogP contribution in [0.4, 0.5) is 0 Å². The second-order valence-electron chi connectivity index (χ2n) is 3.93. The molecule has 2 unspecified atom stereocenters. The maximum Gasteiger partial charge on any atom is 0.246 e. The van der Waals surface area contributed by atoms with Crippen LogP contribution in [0.2, 0.25) is 0 Å². The molecule has 0 aromatic heterocycles. The van der Waals surface area contributed by atoms with Crippen molar-refractivity contribution >= 4 is 5.91 Å². The summed E-state index contributed by atoms with van der Waals surface area (Å²) < 4.78 is 11.0. The number of rotatable bonds is 2. The molecule has 4 heteroatoms. The Morgan fingerprint density at radius 2 is 2.33 bits per heavy atom. The van der Waals surface area contributed by atoms with Gasteiger partial charge in [0.15, 0.2) is 0 Å². The molecule has 0 bridgehead atoms. The number of amides is 1. The quantitative estimate of drug-likeness (QED) is 0.627. The number of hydrogen-bond donors (Lipinski definition) is 0. The lowest BCUT2D eigenvalue weighted by Crippen LogP contribution is -2.53. The molecule has 2 aliphatic rings. The molecule has 2 aliphatic heterocycles. The van der Waals surface area contributed by atoms with Gasteiger partial charge in [0.1, 0.15) is 0 Å². The summed E-state index contributed by atoms with van der Waals surface area (Å²) in [5, 5.41) is 0. The number of carbonyl (C=O) groups is 1. The molecule has 0 aliphatic carbocycles. The highest BCUT2D eigenvalue weighted by atomic mass is 16.5. The Hall–Kier alpha value is -0.870. The molecule has 2 saturated heterocycles. The Bertz CT molecular complexity index is 248. The second kappa shape index (κ2) is 4.77. The summed E-state index contributed by atoms with van der Waals surface area (Å²) in [6.45, 7) is 6.18. The molecule has 15 heavy (non-hydrogen) atoms. The lowest BCUT2D eigenvalue weighted by atomic mass is 10.1. The molecule has 0 radical (unpaired) electrons. The molecule has 0 N–H and O–H groups in total. The third kappa shape index (κ3) is 2.21. The van der Waals surface area contributed by atoms with E-state index in [0.29, 0.717) is 19.8 Å².